The summed E-state index contributed by atoms with van der Waals surface area (Å²) in [4.78, 5) is 15.7. The summed E-state index contributed by atoms with van der Waals surface area (Å²) >= 11 is 0. The van der Waals surface area contributed by atoms with Crippen molar-refractivity contribution in [2.45, 2.75) is 19.4 Å². The van der Waals surface area contributed by atoms with Crippen molar-refractivity contribution in [3.8, 4) is 0 Å². The Bertz CT molecular complexity index is 523. The second-order valence-corrected chi connectivity index (χ2v) is 4.38. The molecule has 0 fully saturated rings. The number of hydrogen-bond acceptors (Lipinski definition) is 3. The molecule has 19 heavy (non-hydrogen) atoms. The minimum atomic E-state index is 0.0423. The Morgan fingerprint density at radius 1 is 1.16 bits per heavy atom. The van der Waals surface area contributed by atoms with Crippen LogP contribution in [0.15, 0.2) is 48.8 Å². The van der Waals surface area contributed by atoms with Crippen LogP contribution < -0.4 is 11.1 Å². The van der Waals surface area contributed by atoms with Crippen LogP contribution in [0.3, 0.4) is 0 Å². The first-order valence-corrected chi connectivity index (χ1v) is 6.24. The van der Waals surface area contributed by atoms with Crippen molar-refractivity contribution >= 4 is 11.6 Å². The number of pyridine rings is 1. The molecule has 0 aliphatic heterocycles. The Morgan fingerprint density at radius 2 is 1.95 bits per heavy atom. The Morgan fingerprint density at radius 3 is 2.63 bits per heavy atom. The van der Waals surface area contributed by atoms with Gasteiger partial charge in [-0.15, -0.1) is 0 Å². The highest BCUT2D eigenvalue weighted by Crippen LogP contribution is 2.05. The lowest BCUT2D eigenvalue weighted by atomic mass is 10.1. The van der Waals surface area contributed by atoms with Gasteiger partial charge in [-0.2, -0.15) is 0 Å². The Kier molecular flexibility index (Phi) is 4.50. The first kappa shape index (κ1) is 13.1. The van der Waals surface area contributed by atoms with Crippen LogP contribution in [0.2, 0.25) is 0 Å². The summed E-state index contributed by atoms with van der Waals surface area (Å²) in [6.45, 7) is 0.534. The van der Waals surface area contributed by atoms with Crippen LogP contribution in [0.4, 0.5) is 5.69 Å². The minimum Gasteiger partial charge on any atom is -0.399 e. The zero-order valence-corrected chi connectivity index (χ0v) is 10.7. The van der Waals surface area contributed by atoms with Gasteiger partial charge >= 0.3 is 0 Å². The van der Waals surface area contributed by atoms with Crippen LogP contribution in [0.25, 0.3) is 0 Å². The van der Waals surface area contributed by atoms with Crippen molar-refractivity contribution in [1.29, 1.82) is 0 Å². The molecule has 2 aromatic rings. The van der Waals surface area contributed by atoms with Crippen molar-refractivity contribution in [2.75, 3.05) is 5.73 Å². The van der Waals surface area contributed by atoms with Crippen LogP contribution in [-0.4, -0.2) is 10.9 Å². The summed E-state index contributed by atoms with van der Waals surface area (Å²) in [5.41, 5.74) is 8.45. The molecule has 2 rings (SSSR count). The number of aryl methyl sites for hydroxylation is 1. The molecule has 4 heteroatoms. The number of carbonyl (C=O) groups excluding carboxylic acids is 1. The Labute approximate surface area is 112 Å². The van der Waals surface area contributed by atoms with Crippen LogP contribution in [0.5, 0.6) is 0 Å². The lowest BCUT2D eigenvalue weighted by molar-refractivity contribution is -0.121. The van der Waals surface area contributed by atoms with Crippen molar-refractivity contribution in [3.63, 3.8) is 0 Å². The maximum Gasteiger partial charge on any atom is 0.220 e. The van der Waals surface area contributed by atoms with Crippen LogP contribution in [0.1, 0.15) is 17.5 Å². The number of aromatic nitrogens is 1. The Balaban J connectivity index is 1.74. The summed E-state index contributed by atoms with van der Waals surface area (Å²) < 4.78 is 0. The van der Waals surface area contributed by atoms with Crippen LogP contribution >= 0.6 is 0 Å². The summed E-state index contributed by atoms with van der Waals surface area (Å²) in [6.07, 6.45) is 4.69. The molecule has 0 unspecified atom stereocenters. The fourth-order valence-corrected chi connectivity index (χ4v) is 1.73. The third-order valence-electron chi connectivity index (χ3n) is 2.83. The van der Waals surface area contributed by atoms with E-state index in [2.05, 4.69) is 10.3 Å². The molecule has 1 aromatic heterocycles. The van der Waals surface area contributed by atoms with E-state index in [0.717, 1.165) is 16.8 Å². The van der Waals surface area contributed by atoms with Crippen molar-refractivity contribution in [2.24, 2.45) is 0 Å². The van der Waals surface area contributed by atoms with Crippen LogP contribution in [0, 0.1) is 0 Å². The highest BCUT2D eigenvalue weighted by atomic mass is 16.1. The molecular weight excluding hydrogens is 238 g/mol. The molecule has 0 saturated carbocycles. The SMILES string of the molecule is Nc1ccc(CNC(=O)CCc2cccnc2)cc1. The van der Waals surface area contributed by atoms with Gasteiger partial charge < -0.3 is 11.1 Å². The molecule has 0 saturated heterocycles. The Hall–Kier alpha value is -2.36. The normalized spacial score (nSPS) is 10.1. The molecule has 0 spiro atoms. The number of nitrogens with zero attached hydrogens (tertiary/aromatic N) is 1. The average Bonchev–Trinajstić information content (AvgIpc) is 2.45. The molecule has 3 N–H and O–H groups in total. The third-order valence-corrected chi connectivity index (χ3v) is 2.83. The fraction of sp³-hybridized carbons (Fsp3) is 0.200. The lowest BCUT2D eigenvalue weighted by Gasteiger charge is -2.05. The average molecular weight is 255 g/mol. The standard InChI is InChI=1S/C15H17N3O/c16-14-6-3-13(4-7-14)11-18-15(19)8-5-12-2-1-9-17-10-12/h1-4,6-7,9-10H,5,8,11,16H2,(H,18,19). The fourth-order valence-electron chi connectivity index (χ4n) is 1.73. The van der Waals surface area contributed by atoms with Gasteiger partial charge in [0.15, 0.2) is 0 Å². The molecule has 1 heterocycles. The molecule has 0 aliphatic rings. The van der Waals surface area contributed by atoms with Crippen LogP contribution in [-0.2, 0) is 17.8 Å². The van der Waals surface area contributed by atoms with Crippen molar-refractivity contribution in [3.05, 3.63) is 59.9 Å². The molecule has 1 amide bonds. The maximum absolute atomic E-state index is 11.7. The van der Waals surface area contributed by atoms with Crippen molar-refractivity contribution < 1.29 is 4.79 Å². The molecule has 1 aromatic carbocycles. The molecule has 4 nitrogen and oxygen atoms in total. The summed E-state index contributed by atoms with van der Waals surface area (Å²) in [5.74, 6) is 0.0423. The summed E-state index contributed by atoms with van der Waals surface area (Å²) in [6, 6.07) is 11.3. The zero-order chi connectivity index (χ0) is 13.5. The molecule has 0 atom stereocenters. The number of hydrogen-bond donors (Lipinski definition) is 2. The number of benzene rings is 1. The van der Waals surface area contributed by atoms with Gasteiger partial charge in [0.05, 0.1) is 0 Å². The monoisotopic (exact) mass is 255 g/mol. The molecule has 0 radical (unpaired) electrons. The van der Waals surface area contributed by atoms with Gasteiger partial charge in [-0.1, -0.05) is 18.2 Å². The molecule has 98 valence electrons. The number of nitrogens with one attached hydrogen (secondary N) is 1. The number of anilines is 1. The predicted octanol–water partition coefficient (Wildman–Crippen LogP) is 1.91. The van der Waals surface area contributed by atoms with Gasteiger partial charge in [-0.25, -0.2) is 0 Å². The smallest absolute Gasteiger partial charge is 0.220 e. The van der Waals surface area contributed by atoms with E-state index in [1.165, 1.54) is 0 Å². The first-order valence-electron chi connectivity index (χ1n) is 6.24. The van der Waals surface area contributed by atoms with E-state index < -0.39 is 0 Å². The highest BCUT2D eigenvalue weighted by Gasteiger charge is 2.02. The number of carbonyl (C=O) groups is 1. The van der Waals surface area contributed by atoms with Gasteiger partial charge in [0.25, 0.3) is 0 Å². The second-order valence-electron chi connectivity index (χ2n) is 4.38. The lowest BCUT2D eigenvalue weighted by Crippen LogP contribution is -2.22. The van der Waals surface area contributed by atoms with E-state index in [-0.39, 0.29) is 5.91 Å². The second kappa shape index (κ2) is 6.54. The minimum absolute atomic E-state index is 0.0423. The van der Waals surface area contributed by atoms with E-state index in [1.807, 2.05) is 36.4 Å². The quantitative estimate of drug-likeness (QED) is 0.802. The number of amides is 1. The number of nitrogen functional groups attached to an aromatic ring is 1. The van der Waals surface area contributed by atoms with E-state index in [1.54, 1.807) is 12.4 Å². The van der Waals surface area contributed by atoms with E-state index in [4.69, 9.17) is 5.73 Å². The third kappa shape index (κ3) is 4.43. The zero-order valence-electron chi connectivity index (χ0n) is 10.7. The van der Waals surface area contributed by atoms with E-state index >= 15 is 0 Å². The number of nitrogens with two attached hydrogens (primary N) is 1. The highest BCUT2D eigenvalue weighted by molar-refractivity contribution is 5.76. The maximum atomic E-state index is 11.7. The van der Waals surface area contributed by atoms with Crippen molar-refractivity contribution in [1.82, 2.24) is 10.3 Å². The molecule has 0 bridgehead atoms. The van der Waals surface area contributed by atoms with Gasteiger partial charge in [-0.05, 0) is 35.7 Å². The van der Waals surface area contributed by atoms with Gasteiger partial charge in [-0.3, -0.25) is 9.78 Å². The molecular formula is C15H17N3O. The van der Waals surface area contributed by atoms with Gasteiger partial charge in [0.1, 0.15) is 0 Å². The predicted molar refractivity (Wildman–Crippen MR) is 75.3 cm³/mol. The summed E-state index contributed by atoms with van der Waals surface area (Å²) in [5, 5.41) is 2.89. The number of rotatable bonds is 5. The van der Waals surface area contributed by atoms with E-state index in [9.17, 15) is 4.79 Å². The van der Waals surface area contributed by atoms with E-state index in [0.29, 0.717) is 19.4 Å². The molecule has 0 aliphatic carbocycles. The topological polar surface area (TPSA) is 68.0 Å². The first-order chi connectivity index (χ1) is 9.24. The largest absolute Gasteiger partial charge is 0.399 e. The van der Waals surface area contributed by atoms with Gasteiger partial charge in [0.2, 0.25) is 5.91 Å². The van der Waals surface area contributed by atoms with Gasteiger partial charge in [0, 0.05) is 31.0 Å². The summed E-state index contributed by atoms with van der Waals surface area (Å²) in [7, 11) is 0.